The lowest BCUT2D eigenvalue weighted by Gasteiger charge is -2.33. The molecule has 1 aliphatic rings. The van der Waals surface area contributed by atoms with Crippen LogP contribution in [0.2, 0.25) is 0 Å². The first-order chi connectivity index (χ1) is 6.63. The predicted molar refractivity (Wildman–Crippen MR) is 61.3 cm³/mol. The number of rotatable bonds is 5. The normalized spacial score (nSPS) is 27.9. The third-order valence-corrected chi connectivity index (χ3v) is 3.33. The molecule has 0 aliphatic heterocycles. The van der Waals surface area contributed by atoms with Crippen molar-refractivity contribution in [2.24, 2.45) is 11.7 Å². The number of nitrogens with two attached hydrogens (primary N) is 1. The van der Waals surface area contributed by atoms with Gasteiger partial charge in [-0.05, 0) is 37.2 Å². The Kier molecular flexibility index (Phi) is 4.75. The highest BCUT2D eigenvalue weighted by molar-refractivity contribution is 7.98. The molecule has 1 fully saturated rings. The molecule has 1 aliphatic carbocycles. The highest BCUT2D eigenvalue weighted by Crippen LogP contribution is 2.26. The van der Waals surface area contributed by atoms with Crippen LogP contribution in [0.4, 0.5) is 0 Å². The Labute approximate surface area is 90.2 Å². The summed E-state index contributed by atoms with van der Waals surface area (Å²) in [6.45, 7) is 2.20. The van der Waals surface area contributed by atoms with Gasteiger partial charge in [0.2, 0.25) is 5.91 Å². The van der Waals surface area contributed by atoms with Crippen molar-refractivity contribution in [2.45, 2.75) is 38.3 Å². The Bertz CT molecular complexity index is 193. The summed E-state index contributed by atoms with van der Waals surface area (Å²) in [4.78, 5) is 11.5. The van der Waals surface area contributed by atoms with Gasteiger partial charge in [0.15, 0.2) is 0 Å². The van der Waals surface area contributed by atoms with Gasteiger partial charge in [-0.1, -0.05) is 6.92 Å². The second-order valence-corrected chi connectivity index (χ2v) is 5.16. The summed E-state index contributed by atoms with van der Waals surface area (Å²) in [7, 11) is 0. The lowest BCUT2D eigenvalue weighted by molar-refractivity contribution is -0.123. The molecular formula is C10H20N2OS. The van der Waals surface area contributed by atoms with Gasteiger partial charge in [0.25, 0.3) is 0 Å². The number of hydrogen-bond acceptors (Lipinski definition) is 3. The second kappa shape index (κ2) is 5.61. The molecule has 0 heterocycles. The van der Waals surface area contributed by atoms with Crippen LogP contribution in [0, 0.1) is 5.92 Å². The lowest BCUT2D eigenvalue weighted by atomic mass is 9.82. The van der Waals surface area contributed by atoms with E-state index in [9.17, 15) is 4.79 Å². The van der Waals surface area contributed by atoms with E-state index in [-0.39, 0.29) is 11.9 Å². The van der Waals surface area contributed by atoms with Gasteiger partial charge in [-0.3, -0.25) is 4.79 Å². The van der Waals surface area contributed by atoms with Gasteiger partial charge in [-0.25, -0.2) is 0 Å². The van der Waals surface area contributed by atoms with Crippen LogP contribution in [0.25, 0.3) is 0 Å². The molecule has 0 radical (unpaired) electrons. The Morgan fingerprint density at radius 1 is 1.64 bits per heavy atom. The molecule has 0 saturated heterocycles. The number of amides is 1. The van der Waals surface area contributed by atoms with Crippen LogP contribution in [0.3, 0.4) is 0 Å². The van der Waals surface area contributed by atoms with Crippen LogP contribution in [0.15, 0.2) is 0 Å². The number of carbonyl (C=O) groups excluding carboxylic acids is 1. The molecule has 0 aromatic carbocycles. The average Bonchev–Trinajstić information content (AvgIpc) is 2.11. The third kappa shape index (κ3) is 3.50. The Morgan fingerprint density at radius 3 is 2.79 bits per heavy atom. The van der Waals surface area contributed by atoms with Crippen LogP contribution >= 0.6 is 11.8 Å². The molecule has 0 aromatic rings. The molecule has 0 spiro atoms. The first kappa shape index (κ1) is 11.9. The molecule has 0 unspecified atom stereocenters. The van der Waals surface area contributed by atoms with Crippen LogP contribution in [-0.4, -0.2) is 30.0 Å². The van der Waals surface area contributed by atoms with E-state index in [2.05, 4.69) is 12.2 Å². The van der Waals surface area contributed by atoms with Crippen molar-refractivity contribution >= 4 is 17.7 Å². The van der Waals surface area contributed by atoms with Crippen LogP contribution < -0.4 is 11.1 Å². The van der Waals surface area contributed by atoms with Crippen molar-refractivity contribution in [3.05, 3.63) is 0 Å². The molecule has 1 saturated carbocycles. The monoisotopic (exact) mass is 216 g/mol. The maximum atomic E-state index is 11.5. The third-order valence-electron chi connectivity index (χ3n) is 2.69. The summed E-state index contributed by atoms with van der Waals surface area (Å²) in [5, 5.41) is 2.98. The van der Waals surface area contributed by atoms with E-state index < -0.39 is 0 Å². The maximum Gasteiger partial charge on any atom is 0.237 e. The van der Waals surface area contributed by atoms with Crippen molar-refractivity contribution < 1.29 is 4.79 Å². The van der Waals surface area contributed by atoms with Gasteiger partial charge >= 0.3 is 0 Å². The first-order valence-corrected chi connectivity index (χ1v) is 6.57. The minimum Gasteiger partial charge on any atom is -0.352 e. The summed E-state index contributed by atoms with van der Waals surface area (Å²) in [5.74, 6) is 1.74. The fourth-order valence-corrected chi connectivity index (χ4v) is 2.19. The van der Waals surface area contributed by atoms with Gasteiger partial charge in [0.05, 0.1) is 6.04 Å². The van der Waals surface area contributed by atoms with Gasteiger partial charge in [0, 0.05) is 6.04 Å². The molecule has 3 nitrogen and oxygen atoms in total. The minimum atomic E-state index is -0.321. The SMILES string of the molecule is CSCC[C@H](N)C(=O)NC1CC(C)C1. The van der Waals surface area contributed by atoms with E-state index in [1.165, 1.54) is 0 Å². The van der Waals surface area contributed by atoms with Crippen LogP contribution in [0.1, 0.15) is 26.2 Å². The summed E-state index contributed by atoms with van der Waals surface area (Å²) in [6, 6.07) is 0.0659. The average molecular weight is 216 g/mol. The van der Waals surface area contributed by atoms with Crippen molar-refractivity contribution in [2.75, 3.05) is 12.0 Å². The first-order valence-electron chi connectivity index (χ1n) is 5.18. The smallest absolute Gasteiger partial charge is 0.237 e. The topological polar surface area (TPSA) is 55.1 Å². The molecular weight excluding hydrogens is 196 g/mol. The highest BCUT2D eigenvalue weighted by Gasteiger charge is 2.27. The number of nitrogens with one attached hydrogen (secondary N) is 1. The molecule has 4 heteroatoms. The molecule has 82 valence electrons. The van der Waals surface area contributed by atoms with Gasteiger partial charge in [-0.15, -0.1) is 0 Å². The van der Waals surface area contributed by atoms with Crippen LogP contribution in [-0.2, 0) is 4.79 Å². The number of hydrogen-bond donors (Lipinski definition) is 2. The largest absolute Gasteiger partial charge is 0.352 e. The molecule has 1 atom stereocenters. The molecule has 1 amide bonds. The summed E-state index contributed by atoms with van der Waals surface area (Å²) < 4.78 is 0. The fraction of sp³-hybridized carbons (Fsp3) is 0.900. The molecule has 0 bridgehead atoms. The van der Waals surface area contributed by atoms with Crippen molar-refractivity contribution in [3.63, 3.8) is 0 Å². The Balaban J connectivity index is 2.14. The molecule has 14 heavy (non-hydrogen) atoms. The van der Waals surface area contributed by atoms with Crippen molar-refractivity contribution in [1.82, 2.24) is 5.32 Å². The van der Waals surface area contributed by atoms with Gasteiger partial charge < -0.3 is 11.1 Å². The van der Waals surface area contributed by atoms with E-state index in [0.717, 1.165) is 30.9 Å². The highest BCUT2D eigenvalue weighted by atomic mass is 32.2. The van der Waals surface area contributed by atoms with E-state index in [0.29, 0.717) is 6.04 Å². The zero-order chi connectivity index (χ0) is 10.6. The van der Waals surface area contributed by atoms with Gasteiger partial charge in [0.1, 0.15) is 0 Å². The Morgan fingerprint density at radius 2 is 2.29 bits per heavy atom. The summed E-state index contributed by atoms with van der Waals surface area (Å²) in [6.07, 6.45) is 5.02. The van der Waals surface area contributed by atoms with Crippen molar-refractivity contribution in [3.8, 4) is 0 Å². The van der Waals surface area contributed by atoms with E-state index in [1.54, 1.807) is 11.8 Å². The number of carbonyl (C=O) groups is 1. The summed E-state index contributed by atoms with van der Waals surface area (Å²) >= 11 is 1.73. The van der Waals surface area contributed by atoms with E-state index >= 15 is 0 Å². The quantitative estimate of drug-likeness (QED) is 0.720. The molecule has 3 N–H and O–H groups in total. The minimum absolute atomic E-state index is 0.0240. The predicted octanol–water partition coefficient (Wildman–Crippen LogP) is 0.981. The van der Waals surface area contributed by atoms with E-state index in [4.69, 9.17) is 5.73 Å². The lowest BCUT2D eigenvalue weighted by Crippen LogP contribution is -2.49. The Hall–Kier alpha value is -0.220. The number of thioether (sulfide) groups is 1. The van der Waals surface area contributed by atoms with Crippen molar-refractivity contribution in [1.29, 1.82) is 0 Å². The fourth-order valence-electron chi connectivity index (χ4n) is 1.70. The van der Waals surface area contributed by atoms with E-state index in [1.807, 2.05) is 6.26 Å². The summed E-state index contributed by atoms with van der Waals surface area (Å²) in [5.41, 5.74) is 5.74. The molecule has 0 aromatic heterocycles. The zero-order valence-corrected chi connectivity index (χ0v) is 9.77. The van der Waals surface area contributed by atoms with Gasteiger partial charge in [-0.2, -0.15) is 11.8 Å². The zero-order valence-electron chi connectivity index (χ0n) is 8.95. The second-order valence-electron chi connectivity index (χ2n) is 4.17. The molecule has 1 rings (SSSR count). The standard InChI is InChI=1S/C10H20N2OS/c1-7-5-8(6-7)12-10(13)9(11)3-4-14-2/h7-9H,3-6,11H2,1-2H3,(H,12,13)/t7?,8?,9-/m0/s1. The van der Waals surface area contributed by atoms with Crippen LogP contribution in [0.5, 0.6) is 0 Å². The maximum absolute atomic E-state index is 11.5.